The zero-order chi connectivity index (χ0) is 12.3. The Morgan fingerprint density at radius 1 is 1.29 bits per heavy atom. The first-order chi connectivity index (χ1) is 8.12. The Bertz CT molecular complexity index is 271. The average molecular weight is 238 g/mol. The Labute approximate surface area is 105 Å². The molecule has 2 fully saturated rings. The molecule has 1 heterocycles. The summed E-state index contributed by atoms with van der Waals surface area (Å²) in [6.45, 7) is 6.26. The lowest BCUT2D eigenvalue weighted by atomic mass is 9.80. The van der Waals surface area contributed by atoms with Crippen molar-refractivity contribution in [3.05, 3.63) is 0 Å². The molecule has 0 spiro atoms. The van der Waals surface area contributed by atoms with Crippen LogP contribution in [0.4, 0.5) is 0 Å². The van der Waals surface area contributed by atoms with Crippen molar-refractivity contribution in [2.24, 2.45) is 11.3 Å². The maximum Gasteiger partial charge on any atom is 0.227 e. The van der Waals surface area contributed by atoms with Gasteiger partial charge in [0.05, 0.1) is 5.41 Å². The zero-order valence-corrected chi connectivity index (χ0v) is 11.2. The molecule has 1 saturated heterocycles. The highest BCUT2D eigenvalue weighted by Crippen LogP contribution is 2.28. The van der Waals surface area contributed by atoms with Crippen LogP contribution in [0.2, 0.25) is 0 Å². The van der Waals surface area contributed by atoms with Crippen molar-refractivity contribution in [3.8, 4) is 0 Å². The molecule has 17 heavy (non-hydrogen) atoms. The fourth-order valence-corrected chi connectivity index (χ4v) is 3.12. The molecular weight excluding hydrogens is 212 g/mol. The van der Waals surface area contributed by atoms with Crippen molar-refractivity contribution in [1.82, 2.24) is 10.6 Å². The molecule has 3 nitrogen and oxygen atoms in total. The number of carbonyl (C=O) groups is 1. The SMILES string of the molecule is CC1CCCCC1NC(=O)C1(C)CCCNC1. The molecule has 3 unspecified atom stereocenters. The molecule has 0 aromatic rings. The van der Waals surface area contributed by atoms with Crippen LogP contribution in [0.1, 0.15) is 52.4 Å². The van der Waals surface area contributed by atoms with E-state index >= 15 is 0 Å². The number of amides is 1. The molecule has 1 aliphatic heterocycles. The van der Waals surface area contributed by atoms with E-state index in [1.165, 1.54) is 19.3 Å². The van der Waals surface area contributed by atoms with Gasteiger partial charge in [0.15, 0.2) is 0 Å². The van der Waals surface area contributed by atoms with Crippen molar-refractivity contribution in [2.75, 3.05) is 13.1 Å². The Hall–Kier alpha value is -0.570. The van der Waals surface area contributed by atoms with Gasteiger partial charge in [-0.1, -0.05) is 19.8 Å². The average Bonchev–Trinajstić information content (AvgIpc) is 2.33. The van der Waals surface area contributed by atoms with E-state index in [1.54, 1.807) is 0 Å². The van der Waals surface area contributed by atoms with Gasteiger partial charge in [-0.25, -0.2) is 0 Å². The topological polar surface area (TPSA) is 41.1 Å². The van der Waals surface area contributed by atoms with Gasteiger partial charge in [0.1, 0.15) is 0 Å². The summed E-state index contributed by atoms with van der Waals surface area (Å²) in [5, 5.41) is 6.64. The van der Waals surface area contributed by atoms with Crippen LogP contribution in [-0.4, -0.2) is 25.0 Å². The molecule has 2 aliphatic rings. The van der Waals surface area contributed by atoms with Crippen LogP contribution in [0.15, 0.2) is 0 Å². The van der Waals surface area contributed by atoms with Crippen LogP contribution in [0, 0.1) is 11.3 Å². The minimum Gasteiger partial charge on any atom is -0.353 e. The first-order valence-electron chi connectivity index (χ1n) is 7.13. The van der Waals surface area contributed by atoms with E-state index in [1.807, 2.05) is 0 Å². The van der Waals surface area contributed by atoms with E-state index < -0.39 is 0 Å². The van der Waals surface area contributed by atoms with Crippen LogP contribution in [0.5, 0.6) is 0 Å². The monoisotopic (exact) mass is 238 g/mol. The lowest BCUT2D eigenvalue weighted by molar-refractivity contribution is -0.132. The Morgan fingerprint density at radius 3 is 2.71 bits per heavy atom. The third-order valence-electron chi connectivity index (χ3n) is 4.57. The number of piperidine rings is 1. The highest BCUT2D eigenvalue weighted by atomic mass is 16.2. The minimum atomic E-state index is -0.185. The molecule has 3 atom stereocenters. The van der Waals surface area contributed by atoms with E-state index in [0.29, 0.717) is 12.0 Å². The van der Waals surface area contributed by atoms with Gasteiger partial charge in [-0.05, 0) is 45.1 Å². The molecule has 0 aromatic heterocycles. The van der Waals surface area contributed by atoms with Crippen molar-refractivity contribution in [1.29, 1.82) is 0 Å². The van der Waals surface area contributed by atoms with Crippen LogP contribution >= 0.6 is 0 Å². The van der Waals surface area contributed by atoms with Crippen LogP contribution < -0.4 is 10.6 Å². The predicted octanol–water partition coefficient (Wildman–Crippen LogP) is 2.07. The van der Waals surface area contributed by atoms with Gasteiger partial charge in [0, 0.05) is 12.6 Å². The second kappa shape index (κ2) is 5.38. The highest BCUT2D eigenvalue weighted by molar-refractivity contribution is 5.82. The van der Waals surface area contributed by atoms with Crippen molar-refractivity contribution >= 4 is 5.91 Å². The third-order valence-corrected chi connectivity index (χ3v) is 4.57. The van der Waals surface area contributed by atoms with Crippen LogP contribution in [0.25, 0.3) is 0 Å². The van der Waals surface area contributed by atoms with E-state index in [-0.39, 0.29) is 11.3 Å². The molecule has 0 aromatic carbocycles. The van der Waals surface area contributed by atoms with Crippen molar-refractivity contribution < 1.29 is 4.79 Å². The molecule has 0 radical (unpaired) electrons. The summed E-state index contributed by atoms with van der Waals surface area (Å²) < 4.78 is 0. The van der Waals surface area contributed by atoms with Crippen molar-refractivity contribution in [3.63, 3.8) is 0 Å². The maximum atomic E-state index is 12.4. The van der Waals surface area contributed by atoms with E-state index in [0.717, 1.165) is 32.4 Å². The van der Waals surface area contributed by atoms with Crippen LogP contribution in [-0.2, 0) is 4.79 Å². The molecule has 3 heteroatoms. The molecule has 1 aliphatic carbocycles. The summed E-state index contributed by atoms with van der Waals surface area (Å²) >= 11 is 0. The summed E-state index contributed by atoms with van der Waals surface area (Å²) in [6, 6.07) is 0.412. The lowest BCUT2D eigenvalue weighted by Gasteiger charge is -2.36. The molecule has 98 valence electrons. The molecule has 1 amide bonds. The van der Waals surface area contributed by atoms with Gasteiger partial charge in [0.2, 0.25) is 5.91 Å². The molecule has 2 N–H and O–H groups in total. The molecule has 2 rings (SSSR count). The predicted molar refractivity (Wildman–Crippen MR) is 69.8 cm³/mol. The highest BCUT2D eigenvalue weighted by Gasteiger charge is 2.36. The summed E-state index contributed by atoms with van der Waals surface area (Å²) in [4.78, 5) is 12.4. The number of hydrogen-bond acceptors (Lipinski definition) is 2. The minimum absolute atomic E-state index is 0.185. The number of rotatable bonds is 2. The van der Waals surface area contributed by atoms with Crippen LogP contribution in [0.3, 0.4) is 0 Å². The van der Waals surface area contributed by atoms with Gasteiger partial charge in [0.25, 0.3) is 0 Å². The number of nitrogens with one attached hydrogen (secondary N) is 2. The van der Waals surface area contributed by atoms with E-state index in [2.05, 4.69) is 24.5 Å². The largest absolute Gasteiger partial charge is 0.353 e. The standard InChI is InChI=1S/C14H26N2O/c1-11-6-3-4-7-12(11)16-13(17)14(2)8-5-9-15-10-14/h11-12,15H,3-10H2,1-2H3,(H,16,17). The fourth-order valence-electron chi connectivity index (χ4n) is 3.12. The van der Waals surface area contributed by atoms with Gasteiger partial charge >= 0.3 is 0 Å². The molecule has 0 bridgehead atoms. The Kier molecular flexibility index (Phi) is 4.08. The van der Waals surface area contributed by atoms with E-state index in [4.69, 9.17) is 0 Å². The summed E-state index contributed by atoms with van der Waals surface area (Å²) in [7, 11) is 0. The summed E-state index contributed by atoms with van der Waals surface area (Å²) in [5.41, 5.74) is -0.185. The van der Waals surface area contributed by atoms with Crippen molar-refractivity contribution in [2.45, 2.75) is 58.4 Å². The lowest BCUT2D eigenvalue weighted by Crippen LogP contribution is -2.52. The Morgan fingerprint density at radius 2 is 2.06 bits per heavy atom. The normalized spacial score (nSPS) is 38.7. The Balaban J connectivity index is 1.90. The molecular formula is C14H26N2O. The van der Waals surface area contributed by atoms with Gasteiger partial charge in [-0.3, -0.25) is 4.79 Å². The number of hydrogen-bond donors (Lipinski definition) is 2. The van der Waals surface area contributed by atoms with Gasteiger partial charge in [-0.2, -0.15) is 0 Å². The first-order valence-corrected chi connectivity index (χ1v) is 7.13. The maximum absolute atomic E-state index is 12.4. The molecule has 1 saturated carbocycles. The summed E-state index contributed by atoms with van der Waals surface area (Å²) in [6.07, 6.45) is 7.16. The fraction of sp³-hybridized carbons (Fsp3) is 0.929. The second-order valence-corrected chi connectivity index (χ2v) is 6.18. The number of carbonyl (C=O) groups excluding carboxylic acids is 1. The third kappa shape index (κ3) is 3.01. The van der Waals surface area contributed by atoms with Gasteiger partial charge < -0.3 is 10.6 Å². The summed E-state index contributed by atoms with van der Waals surface area (Å²) in [5.74, 6) is 0.913. The smallest absolute Gasteiger partial charge is 0.227 e. The second-order valence-electron chi connectivity index (χ2n) is 6.18. The quantitative estimate of drug-likeness (QED) is 0.773. The van der Waals surface area contributed by atoms with E-state index in [9.17, 15) is 4.79 Å². The van der Waals surface area contributed by atoms with Gasteiger partial charge in [-0.15, -0.1) is 0 Å². The first kappa shape index (κ1) is 12.9. The zero-order valence-electron chi connectivity index (χ0n) is 11.2.